The number of hydrazine groups is 1. The first-order valence-corrected chi connectivity index (χ1v) is 6.88. The molecule has 0 spiro atoms. The van der Waals surface area contributed by atoms with E-state index < -0.39 is 0 Å². The number of rotatable bonds is 2. The van der Waals surface area contributed by atoms with Gasteiger partial charge in [-0.05, 0) is 25.0 Å². The van der Waals surface area contributed by atoms with E-state index in [-0.39, 0.29) is 12.1 Å². The molecule has 2 N–H and O–H groups in total. The van der Waals surface area contributed by atoms with Crippen LogP contribution in [0, 0.1) is 5.92 Å². The van der Waals surface area contributed by atoms with Crippen molar-refractivity contribution in [1.82, 2.24) is 15.8 Å². The zero-order valence-electron chi connectivity index (χ0n) is 11.4. The highest BCUT2D eigenvalue weighted by Gasteiger charge is 2.37. The molecule has 0 aromatic rings. The Hall–Kier alpha value is -1.62. The topological polar surface area (TPSA) is 56.7 Å². The zero-order chi connectivity index (χ0) is 13.4. The van der Waals surface area contributed by atoms with Crippen molar-refractivity contribution in [2.45, 2.75) is 38.9 Å². The van der Waals surface area contributed by atoms with Crippen LogP contribution < -0.4 is 10.7 Å². The van der Waals surface area contributed by atoms with Crippen molar-refractivity contribution in [2.75, 3.05) is 6.54 Å². The van der Waals surface area contributed by atoms with E-state index in [0.29, 0.717) is 24.9 Å². The van der Waals surface area contributed by atoms with Gasteiger partial charge in [-0.3, -0.25) is 14.8 Å². The zero-order valence-corrected chi connectivity index (χ0v) is 11.4. The van der Waals surface area contributed by atoms with Gasteiger partial charge in [-0.25, -0.2) is 5.43 Å². The molecular formula is C14H20N4O. The quantitative estimate of drug-likeness (QED) is 0.727. The smallest absolute Gasteiger partial charge is 0.224 e. The number of fused-ring (bicyclic) bond motifs is 3. The van der Waals surface area contributed by atoms with Gasteiger partial charge in [0.25, 0.3) is 0 Å². The third-order valence-electron chi connectivity index (χ3n) is 3.70. The number of dihydropyridines is 1. The Kier molecular flexibility index (Phi) is 3.14. The summed E-state index contributed by atoms with van der Waals surface area (Å²) in [5.74, 6) is 0.440. The lowest BCUT2D eigenvalue weighted by molar-refractivity contribution is -0.121. The Morgan fingerprint density at radius 3 is 3.16 bits per heavy atom. The van der Waals surface area contributed by atoms with Gasteiger partial charge in [-0.1, -0.05) is 6.08 Å². The van der Waals surface area contributed by atoms with E-state index in [0.717, 1.165) is 6.42 Å². The molecule has 0 aromatic heterocycles. The number of hydrogen-bond acceptors (Lipinski definition) is 4. The second kappa shape index (κ2) is 4.81. The Morgan fingerprint density at radius 2 is 2.37 bits per heavy atom. The maximum Gasteiger partial charge on any atom is 0.224 e. The van der Waals surface area contributed by atoms with Gasteiger partial charge in [0.15, 0.2) is 6.17 Å². The van der Waals surface area contributed by atoms with Crippen LogP contribution in [0.15, 0.2) is 28.4 Å². The predicted octanol–water partition coefficient (Wildman–Crippen LogP) is 0.962. The minimum Gasteiger partial charge on any atom is -0.355 e. The molecular weight excluding hydrogens is 240 g/mol. The maximum absolute atomic E-state index is 11.6. The molecule has 5 heteroatoms. The average Bonchev–Trinajstić information content (AvgIpc) is 2.38. The number of carbonyl (C=O) groups is 1. The van der Waals surface area contributed by atoms with Crippen LogP contribution >= 0.6 is 0 Å². The van der Waals surface area contributed by atoms with Gasteiger partial charge in [0.1, 0.15) is 0 Å². The summed E-state index contributed by atoms with van der Waals surface area (Å²) in [6, 6.07) is 0.337. The largest absolute Gasteiger partial charge is 0.355 e. The lowest BCUT2D eigenvalue weighted by Crippen LogP contribution is -2.52. The molecule has 2 unspecified atom stereocenters. The van der Waals surface area contributed by atoms with Crippen molar-refractivity contribution in [3.05, 3.63) is 23.4 Å². The number of nitrogens with one attached hydrogen (secondary N) is 2. The maximum atomic E-state index is 11.6. The van der Waals surface area contributed by atoms with Crippen molar-refractivity contribution in [3.63, 3.8) is 0 Å². The van der Waals surface area contributed by atoms with E-state index >= 15 is 0 Å². The lowest BCUT2D eigenvalue weighted by Gasteiger charge is -2.43. The number of amides is 1. The number of aliphatic imine (C=N–C) groups is 1. The molecule has 0 aromatic carbocycles. The highest BCUT2D eigenvalue weighted by molar-refractivity contribution is 5.80. The van der Waals surface area contributed by atoms with Crippen LogP contribution in [0.2, 0.25) is 0 Å². The van der Waals surface area contributed by atoms with Crippen LogP contribution in [0.1, 0.15) is 26.7 Å². The summed E-state index contributed by atoms with van der Waals surface area (Å²) in [6.45, 7) is 4.92. The van der Waals surface area contributed by atoms with E-state index in [4.69, 9.17) is 0 Å². The molecule has 3 heterocycles. The normalized spacial score (nSPS) is 29.4. The molecule has 19 heavy (non-hydrogen) atoms. The highest BCUT2D eigenvalue weighted by Crippen LogP contribution is 2.36. The van der Waals surface area contributed by atoms with Gasteiger partial charge >= 0.3 is 0 Å². The van der Waals surface area contributed by atoms with Crippen molar-refractivity contribution in [2.24, 2.45) is 10.9 Å². The second-order valence-electron chi connectivity index (χ2n) is 5.57. The molecule has 0 radical (unpaired) electrons. The van der Waals surface area contributed by atoms with Gasteiger partial charge in [0, 0.05) is 43.8 Å². The van der Waals surface area contributed by atoms with E-state index in [9.17, 15) is 4.79 Å². The number of nitrogens with zero attached hydrogens (tertiary/aromatic N) is 2. The monoisotopic (exact) mass is 260 g/mol. The Balaban J connectivity index is 1.94. The van der Waals surface area contributed by atoms with Crippen LogP contribution in [0.4, 0.5) is 0 Å². The van der Waals surface area contributed by atoms with Gasteiger partial charge < -0.3 is 5.32 Å². The van der Waals surface area contributed by atoms with E-state index in [2.05, 4.69) is 46.9 Å². The third-order valence-corrected chi connectivity index (χ3v) is 3.70. The van der Waals surface area contributed by atoms with Crippen LogP contribution in [0.5, 0.6) is 0 Å². The molecule has 1 fully saturated rings. The first kappa shape index (κ1) is 12.4. The number of carbonyl (C=O) groups excluding carboxylic acids is 1. The predicted molar refractivity (Wildman–Crippen MR) is 74.3 cm³/mol. The van der Waals surface area contributed by atoms with Crippen molar-refractivity contribution >= 4 is 12.1 Å². The lowest BCUT2D eigenvalue weighted by atomic mass is 9.81. The van der Waals surface area contributed by atoms with Crippen LogP contribution in [0.3, 0.4) is 0 Å². The summed E-state index contributed by atoms with van der Waals surface area (Å²) in [6.07, 6.45) is 7.72. The number of allylic oxidation sites excluding steroid dienone is 1. The van der Waals surface area contributed by atoms with Crippen molar-refractivity contribution < 1.29 is 4.79 Å². The van der Waals surface area contributed by atoms with Crippen molar-refractivity contribution in [1.29, 1.82) is 0 Å². The highest BCUT2D eigenvalue weighted by atomic mass is 16.1. The fraction of sp³-hybridized carbons (Fsp3) is 0.571. The Morgan fingerprint density at radius 1 is 1.53 bits per heavy atom. The summed E-state index contributed by atoms with van der Waals surface area (Å²) in [5.41, 5.74) is 5.90. The Bertz CT molecular complexity index is 478. The Labute approximate surface area is 113 Å². The first-order valence-electron chi connectivity index (χ1n) is 6.88. The van der Waals surface area contributed by atoms with Crippen LogP contribution in [-0.4, -0.2) is 35.9 Å². The summed E-state index contributed by atoms with van der Waals surface area (Å²) < 4.78 is 0. The standard InChI is InChI=1S/C14H20N4O/c1-9(2)17-18-8-10-6-13(19)16-7-12(10)11-4-3-5-15-14(11)18/h4-5,8-9,12,14,17H,3,6-7H2,1-2H3,(H,16,19). The molecule has 3 aliphatic rings. The minimum absolute atomic E-state index is 0.0416. The average molecular weight is 260 g/mol. The molecule has 1 amide bonds. The van der Waals surface area contributed by atoms with E-state index in [1.165, 1.54) is 11.1 Å². The number of hydrogen-bond donors (Lipinski definition) is 2. The summed E-state index contributed by atoms with van der Waals surface area (Å²) in [4.78, 5) is 16.2. The fourth-order valence-corrected chi connectivity index (χ4v) is 2.94. The molecule has 5 nitrogen and oxygen atoms in total. The second-order valence-corrected chi connectivity index (χ2v) is 5.57. The van der Waals surface area contributed by atoms with Crippen LogP contribution in [-0.2, 0) is 4.79 Å². The van der Waals surface area contributed by atoms with E-state index in [1.807, 2.05) is 6.21 Å². The summed E-state index contributed by atoms with van der Waals surface area (Å²) >= 11 is 0. The van der Waals surface area contributed by atoms with Crippen molar-refractivity contribution in [3.8, 4) is 0 Å². The molecule has 2 atom stereocenters. The SMILES string of the molecule is CC(C)NN1C=C2CC(=O)NCC2C2=CCC=NC21. The van der Waals surface area contributed by atoms with Gasteiger partial charge in [-0.2, -0.15) is 0 Å². The first-order chi connectivity index (χ1) is 9.15. The third kappa shape index (κ3) is 2.30. The summed E-state index contributed by atoms with van der Waals surface area (Å²) in [7, 11) is 0. The molecule has 0 aliphatic carbocycles. The fourth-order valence-electron chi connectivity index (χ4n) is 2.94. The molecule has 3 aliphatic heterocycles. The minimum atomic E-state index is 0.0416. The van der Waals surface area contributed by atoms with Gasteiger partial charge in [0.05, 0.1) is 0 Å². The van der Waals surface area contributed by atoms with Gasteiger partial charge in [-0.15, -0.1) is 0 Å². The van der Waals surface area contributed by atoms with E-state index in [1.54, 1.807) is 0 Å². The molecule has 0 bridgehead atoms. The van der Waals surface area contributed by atoms with Gasteiger partial charge in [0.2, 0.25) is 5.91 Å². The summed E-state index contributed by atoms with van der Waals surface area (Å²) in [5, 5.41) is 5.01. The number of piperidine rings is 1. The molecule has 3 rings (SSSR count). The molecule has 1 saturated heterocycles. The molecule has 0 saturated carbocycles. The molecule has 102 valence electrons. The van der Waals surface area contributed by atoms with Crippen LogP contribution in [0.25, 0.3) is 0 Å².